The molecule has 1 aromatic heterocycles. The van der Waals surface area contributed by atoms with Crippen molar-refractivity contribution < 1.29 is 19.1 Å². The van der Waals surface area contributed by atoms with E-state index < -0.39 is 5.72 Å². The van der Waals surface area contributed by atoms with Crippen LogP contribution in [0.2, 0.25) is 0 Å². The Morgan fingerprint density at radius 2 is 2.00 bits per heavy atom. The van der Waals surface area contributed by atoms with E-state index in [9.17, 15) is 9.59 Å². The molecular weight excluding hydrogens is 386 g/mol. The van der Waals surface area contributed by atoms with Crippen LogP contribution in [0.4, 0.5) is 5.95 Å². The third-order valence-electron chi connectivity index (χ3n) is 7.06. The van der Waals surface area contributed by atoms with Gasteiger partial charge in [0.25, 0.3) is 5.91 Å². The molecule has 0 unspecified atom stereocenters. The summed E-state index contributed by atoms with van der Waals surface area (Å²) in [6, 6.07) is 5.49. The molecule has 0 saturated carbocycles. The minimum Gasteiger partial charge on any atom is -0.378 e. The molecule has 0 radical (unpaired) electrons. The summed E-state index contributed by atoms with van der Waals surface area (Å²) in [5.41, 5.74) is 1.80. The van der Waals surface area contributed by atoms with Gasteiger partial charge in [0.2, 0.25) is 11.9 Å². The minimum absolute atomic E-state index is 0.0532. The van der Waals surface area contributed by atoms with Crippen LogP contribution < -0.4 is 4.90 Å². The van der Waals surface area contributed by atoms with E-state index in [0.717, 1.165) is 30.1 Å². The average molecular weight is 411 g/mol. The summed E-state index contributed by atoms with van der Waals surface area (Å²) in [7, 11) is 2.00. The van der Waals surface area contributed by atoms with Gasteiger partial charge in [-0.2, -0.15) is 0 Å². The van der Waals surface area contributed by atoms with Gasteiger partial charge in [0.1, 0.15) is 0 Å². The maximum atomic E-state index is 13.4. The molecule has 2 amide bonds. The Labute approximate surface area is 174 Å². The van der Waals surface area contributed by atoms with Gasteiger partial charge in [0.15, 0.2) is 5.72 Å². The molecule has 5 heterocycles. The van der Waals surface area contributed by atoms with Crippen molar-refractivity contribution in [1.82, 2.24) is 19.4 Å². The van der Waals surface area contributed by atoms with Crippen LogP contribution in [0.3, 0.4) is 0 Å². The zero-order chi connectivity index (χ0) is 20.5. The number of carbonyl (C=O) groups excluding carboxylic acids is 2. The largest absolute Gasteiger partial charge is 0.378 e. The fourth-order valence-electron chi connectivity index (χ4n) is 5.57. The van der Waals surface area contributed by atoms with E-state index in [-0.39, 0.29) is 17.9 Å². The van der Waals surface area contributed by atoms with Crippen molar-refractivity contribution in [1.29, 1.82) is 0 Å². The van der Waals surface area contributed by atoms with Gasteiger partial charge in [-0.3, -0.25) is 9.59 Å². The van der Waals surface area contributed by atoms with Crippen LogP contribution >= 0.6 is 0 Å². The lowest BCUT2D eigenvalue weighted by molar-refractivity contribution is -0.136. The van der Waals surface area contributed by atoms with Crippen LogP contribution in [-0.4, -0.2) is 88.9 Å². The molecule has 4 saturated heterocycles. The summed E-state index contributed by atoms with van der Waals surface area (Å²) >= 11 is 0. The highest BCUT2D eigenvalue weighted by molar-refractivity contribution is 5.99. The van der Waals surface area contributed by atoms with E-state index in [1.807, 2.05) is 35.0 Å². The Bertz CT molecular complexity index is 1050. The monoisotopic (exact) mass is 411 g/mol. The Balaban J connectivity index is 1.31. The summed E-state index contributed by atoms with van der Waals surface area (Å²) in [6.07, 6.45) is 1.03. The first-order valence-electron chi connectivity index (χ1n) is 10.6. The Kier molecular flexibility index (Phi) is 3.88. The number of morpholine rings is 1. The van der Waals surface area contributed by atoms with Crippen molar-refractivity contribution in [2.24, 2.45) is 7.05 Å². The maximum Gasteiger partial charge on any atom is 0.254 e. The van der Waals surface area contributed by atoms with Crippen LogP contribution in [0.1, 0.15) is 23.2 Å². The number of fused-ring (bicyclic) bond motifs is 1. The first kappa shape index (κ1) is 18.1. The molecule has 1 spiro atoms. The second-order valence-corrected chi connectivity index (χ2v) is 8.48. The highest BCUT2D eigenvalue weighted by atomic mass is 16.5. The normalized spacial score (nSPS) is 28.5. The lowest BCUT2D eigenvalue weighted by atomic mass is 10.1. The van der Waals surface area contributed by atoms with Gasteiger partial charge in [0, 0.05) is 45.2 Å². The molecule has 2 aromatic rings. The number of hydrogen-bond acceptors (Lipinski definition) is 6. The van der Waals surface area contributed by atoms with Crippen LogP contribution in [0.15, 0.2) is 18.2 Å². The molecule has 0 N–H and O–H groups in total. The molecular formula is C21H25N5O4. The van der Waals surface area contributed by atoms with Crippen molar-refractivity contribution in [3.63, 3.8) is 0 Å². The Hall–Kier alpha value is -2.65. The van der Waals surface area contributed by atoms with E-state index in [0.29, 0.717) is 51.3 Å². The highest BCUT2D eigenvalue weighted by Crippen LogP contribution is 2.46. The number of anilines is 1. The standard InChI is InChI=1S/C21H25N5O4/c1-23-16-3-2-14(12-15(16)22-20(23)24-6-9-29-10-7-24)19(28)25-5-4-21-17(25)13-18(27)26(21)8-11-30-21/h2-3,12,17H,4-11,13H2,1H3/t17-,21+/m1/s1. The smallest absolute Gasteiger partial charge is 0.254 e. The van der Waals surface area contributed by atoms with E-state index in [2.05, 4.69) is 9.47 Å². The van der Waals surface area contributed by atoms with Crippen LogP contribution in [-0.2, 0) is 21.3 Å². The predicted octanol–water partition coefficient (Wildman–Crippen LogP) is 0.583. The molecule has 6 rings (SSSR count). The number of ether oxygens (including phenoxy) is 2. The van der Waals surface area contributed by atoms with Gasteiger partial charge >= 0.3 is 0 Å². The van der Waals surface area contributed by atoms with Gasteiger partial charge < -0.3 is 28.7 Å². The van der Waals surface area contributed by atoms with Crippen molar-refractivity contribution >= 4 is 28.8 Å². The Morgan fingerprint density at radius 1 is 1.17 bits per heavy atom. The number of amides is 2. The zero-order valence-corrected chi connectivity index (χ0v) is 17.0. The lowest BCUT2D eigenvalue weighted by Gasteiger charge is -2.31. The van der Waals surface area contributed by atoms with E-state index in [1.54, 1.807) is 0 Å². The summed E-state index contributed by atoms with van der Waals surface area (Å²) < 4.78 is 13.5. The topological polar surface area (TPSA) is 80.1 Å². The molecule has 30 heavy (non-hydrogen) atoms. The highest BCUT2D eigenvalue weighted by Gasteiger charge is 2.62. The number of benzene rings is 1. The quantitative estimate of drug-likeness (QED) is 0.720. The fourth-order valence-corrected chi connectivity index (χ4v) is 5.57. The van der Waals surface area contributed by atoms with Crippen LogP contribution in [0.5, 0.6) is 0 Å². The van der Waals surface area contributed by atoms with Gasteiger partial charge in [0.05, 0.1) is 43.3 Å². The molecule has 0 bridgehead atoms. The van der Waals surface area contributed by atoms with Gasteiger partial charge in [-0.25, -0.2) is 4.98 Å². The van der Waals surface area contributed by atoms with E-state index in [4.69, 9.17) is 14.5 Å². The van der Waals surface area contributed by atoms with E-state index >= 15 is 0 Å². The summed E-state index contributed by atoms with van der Waals surface area (Å²) in [4.78, 5) is 36.5. The van der Waals surface area contributed by atoms with Crippen molar-refractivity contribution in [2.75, 3.05) is 50.9 Å². The summed E-state index contributed by atoms with van der Waals surface area (Å²) in [6.45, 7) is 4.80. The number of hydrogen-bond donors (Lipinski definition) is 0. The first-order chi connectivity index (χ1) is 14.6. The summed E-state index contributed by atoms with van der Waals surface area (Å²) in [5.74, 6) is 0.933. The predicted molar refractivity (Wildman–Crippen MR) is 108 cm³/mol. The van der Waals surface area contributed by atoms with Crippen LogP contribution in [0.25, 0.3) is 11.0 Å². The zero-order valence-electron chi connectivity index (χ0n) is 17.0. The first-order valence-corrected chi connectivity index (χ1v) is 10.6. The van der Waals surface area contributed by atoms with Crippen LogP contribution in [0, 0.1) is 0 Å². The van der Waals surface area contributed by atoms with Crippen molar-refractivity contribution in [3.05, 3.63) is 23.8 Å². The summed E-state index contributed by atoms with van der Waals surface area (Å²) in [5, 5.41) is 0. The number of nitrogens with zero attached hydrogens (tertiary/aromatic N) is 5. The minimum atomic E-state index is -0.606. The Morgan fingerprint density at radius 3 is 2.83 bits per heavy atom. The second-order valence-electron chi connectivity index (χ2n) is 8.48. The number of aryl methyl sites for hydroxylation is 1. The number of imidazole rings is 1. The third kappa shape index (κ3) is 2.39. The number of rotatable bonds is 2. The van der Waals surface area contributed by atoms with Gasteiger partial charge in [-0.05, 0) is 18.2 Å². The lowest BCUT2D eigenvalue weighted by Crippen LogP contribution is -2.48. The second kappa shape index (κ2) is 6.42. The number of aromatic nitrogens is 2. The van der Waals surface area contributed by atoms with Crippen molar-refractivity contribution in [2.45, 2.75) is 24.6 Å². The molecule has 4 aliphatic heterocycles. The molecule has 2 atom stereocenters. The molecule has 4 aliphatic rings. The molecule has 158 valence electrons. The molecule has 9 heteroatoms. The molecule has 0 aliphatic carbocycles. The SMILES string of the molecule is Cn1c(N2CCOCC2)nc2cc(C(=O)N3CC[C@@]45OCCN4C(=O)C[C@@H]35)ccc21. The average Bonchev–Trinajstić information content (AvgIpc) is 3.49. The van der Waals surface area contributed by atoms with Crippen molar-refractivity contribution in [3.8, 4) is 0 Å². The number of carbonyl (C=O) groups is 2. The van der Waals surface area contributed by atoms with Gasteiger partial charge in [-0.15, -0.1) is 0 Å². The molecule has 4 fully saturated rings. The number of likely N-dealkylation sites (tertiary alicyclic amines) is 1. The maximum absolute atomic E-state index is 13.4. The fraction of sp³-hybridized carbons (Fsp3) is 0.571. The molecule has 1 aromatic carbocycles. The third-order valence-corrected chi connectivity index (χ3v) is 7.06. The van der Waals surface area contributed by atoms with E-state index in [1.165, 1.54) is 0 Å². The molecule has 9 nitrogen and oxygen atoms in total. The van der Waals surface area contributed by atoms with Gasteiger partial charge in [-0.1, -0.05) is 0 Å².